The van der Waals surface area contributed by atoms with E-state index in [4.69, 9.17) is 16.3 Å². The molecule has 2 N–H and O–H groups in total. The maximum Gasteiger partial charge on any atom is 0.128 e. The van der Waals surface area contributed by atoms with Gasteiger partial charge < -0.3 is 9.84 Å². The van der Waals surface area contributed by atoms with E-state index in [1.165, 1.54) is 0 Å². The maximum absolute atomic E-state index is 9.92. The number of phenols is 1. The summed E-state index contributed by atoms with van der Waals surface area (Å²) in [6.07, 6.45) is 0. The molecule has 0 aliphatic rings. The maximum atomic E-state index is 9.92. The van der Waals surface area contributed by atoms with Gasteiger partial charge in [0.05, 0.1) is 18.5 Å². The molecule has 0 saturated carbocycles. The van der Waals surface area contributed by atoms with Crippen LogP contribution in [-0.4, -0.2) is 17.9 Å². The van der Waals surface area contributed by atoms with Crippen LogP contribution in [0.2, 0.25) is 5.02 Å². The van der Waals surface area contributed by atoms with Crippen molar-refractivity contribution >= 4 is 23.0 Å². The Balaban J connectivity index is 2.18. The number of hydrogen-bond acceptors (Lipinski definition) is 4. The lowest BCUT2D eigenvalue weighted by molar-refractivity contribution is 0.407. The molecule has 0 amide bonds. The average molecular weight is 291 g/mol. The van der Waals surface area contributed by atoms with Crippen LogP contribution in [0, 0.1) is 0 Å². The van der Waals surface area contributed by atoms with Crippen molar-refractivity contribution in [2.45, 2.75) is 6.92 Å². The highest BCUT2D eigenvalue weighted by molar-refractivity contribution is 6.30. The third kappa shape index (κ3) is 3.42. The summed E-state index contributed by atoms with van der Waals surface area (Å²) in [5.41, 5.74) is 4.98. The molecule has 0 aliphatic heterocycles. The first kappa shape index (κ1) is 14.2. The number of rotatable bonds is 4. The second kappa shape index (κ2) is 6.30. The van der Waals surface area contributed by atoms with Gasteiger partial charge in [0.2, 0.25) is 0 Å². The SMILES string of the molecule is COc1ccc(C(C)=NNc2cccc(Cl)c2)c(O)c1. The fourth-order valence-corrected chi connectivity index (χ4v) is 1.90. The van der Waals surface area contributed by atoms with Gasteiger partial charge in [0.1, 0.15) is 11.5 Å². The van der Waals surface area contributed by atoms with Gasteiger partial charge >= 0.3 is 0 Å². The molecule has 0 radical (unpaired) electrons. The molecule has 20 heavy (non-hydrogen) atoms. The van der Waals surface area contributed by atoms with E-state index in [0.29, 0.717) is 22.0 Å². The summed E-state index contributed by atoms with van der Waals surface area (Å²) in [7, 11) is 1.55. The Morgan fingerprint density at radius 2 is 2.05 bits per heavy atom. The fraction of sp³-hybridized carbons (Fsp3) is 0.133. The minimum atomic E-state index is 0.124. The topological polar surface area (TPSA) is 53.8 Å². The second-order valence-corrected chi connectivity index (χ2v) is 4.64. The van der Waals surface area contributed by atoms with Gasteiger partial charge in [-0.25, -0.2) is 0 Å². The van der Waals surface area contributed by atoms with Crippen LogP contribution in [0.3, 0.4) is 0 Å². The standard InChI is InChI=1S/C15H15ClN2O2/c1-10(14-7-6-13(20-2)9-15(14)19)17-18-12-5-3-4-11(16)8-12/h3-9,18-19H,1-2H3. The normalized spacial score (nSPS) is 11.2. The lowest BCUT2D eigenvalue weighted by Crippen LogP contribution is -2.00. The van der Waals surface area contributed by atoms with Gasteiger partial charge in [-0.15, -0.1) is 0 Å². The largest absolute Gasteiger partial charge is 0.507 e. The van der Waals surface area contributed by atoms with Gasteiger partial charge in [0.25, 0.3) is 0 Å². The Labute approximate surface area is 122 Å². The van der Waals surface area contributed by atoms with E-state index >= 15 is 0 Å². The van der Waals surface area contributed by atoms with Gasteiger partial charge in [-0.1, -0.05) is 17.7 Å². The van der Waals surface area contributed by atoms with Gasteiger partial charge in [0, 0.05) is 16.7 Å². The molecule has 0 atom stereocenters. The summed E-state index contributed by atoms with van der Waals surface area (Å²) in [6.45, 7) is 1.80. The number of nitrogens with one attached hydrogen (secondary N) is 1. The van der Waals surface area contributed by atoms with Crippen molar-refractivity contribution in [3.63, 3.8) is 0 Å². The van der Waals surface area contributed by atoms with Gasteiger partial charge in [-0.2, -0.15) is 5.10 Å². The van der Waals surface area contributed by atoms with Crippen LogP contribution in [0.25, 0.3) is 0 Å². The zero-order valence-electron chi connectivity index (χ0n) is 11.2. The molecule has 0 bridgehead atoms. The van der Waals surface area contributed by atoms with Crippen molar-refractivity contribution in [1.29, 1.82) is 0 Å². The Hall–Kier alpha value is -2.20. The predicted molar refractivity (Wildman–Crippen MR) is 81.9 cm³/mol. The second-order valence-electron chi connectivity index (χ2n) is 4.20. The van der Waals surface area contributed by atoms with Crippen LogP contribution in [0.15, 0.2) is 47.6 Å². The number of benzene rings is 2. The highest BCUT2D eigenvalue weighted by Crippen LogP contribution is 2.24. The number of anilines is 1. The quantitative estimate of drug-likeness (QED) is 0.663. The Morgan fingerprint density at radius 1 is 1.25 bits per heavy atom. The third-order valence-corrected chi connectivity index (χ3v) is 3.01. The zero-order valence-corrected chi connectivity index (χ0v) is 12.0. The Bertz CT molecular complexity index is 642. The summed E-state index contributed by atoms with van der Waals surface area (Å²) >= 11 is 5.89. The van der Waals surface area contributed by atoms with E-state index in [9.17, 15) is 5.11 Å². The molecule has 0 spiro atoms. The number of aromatic hydroxyl groups is 1. The molecular formula is C15H15ClN2O2. The predicted octanol–water partition coefficient (Wildman–Crippen LogP) is 3.89. The number of hydrogen-bond donors (Lipinski definition) is 2. The molecule has 0 aliphatic carbocycles. The molecule has 4 nitrogen and oxygen atoms in total. The number of hydrazone groups is 1. The summed E-state index contributed by atoms with van der Waals surface area (Å²) < 4.78 is 5.04. The molecule has 2 rings (SSSR count). The Morgan fingerprint density at radius 3 is 2.70 bits per heavy atom. The molecule has 0 aromatic heterocycles. The summed E-state index contributed by atoms with van der Waals surface area (Å²) in [6, 6.07) is 12.3. The van der Waals surface area contributed by atoms with Crippen molar-refractivity contribution in [2.75, 3.05) is 12.5 Å². The van der Waals surface area contributed by atoms with E-state index in [-0.39, 0.29) is 5.75 Å². The first-order valence-corrected chi connectivity index (χ1v) is 6.41. The van der Waals surface area contributed by atoms with Gasteiger partial charge in [0.15, 0.2) is 0 Å². The van der Waals surface area contributed by atoms with E-state index in [2.05, 4.69) is 10.5 Å². The summed E-state index contributed by atoms with van der Waals surface area (Å²) in [5.74, 6) is 0.723. The van der Waals surface area contributed by atoms with Crippen molar-refractivity contribution in [1.82, 2.24) is 0 Å². The van der Waals surface area contributed by atoms with Gasteiger partial charge in [-0.05, 0) is 37.3 Å². The van der Waals surface area contributed by atoms with Gasteiger partial charge in [-0.3, -0.25) is 5.43 Å². The molecule has 0 heterocycles. The zero-order chi connectivity index (χ0) is 14.5. The molecule has 0 unspecified atom stereocenters. The molecule has 5 heteroatoms. The van der Waals surface area contributed by atoms with Crippen molar-refractivity contribution < 1.29 is 9.84 Å². The van der Waals surface area contributed by atoms with Crippen LogP contribution >= 0.6 is 11.6 Å². The van der Waals surface area contributed by atoms with Crippen molar-refractivity contribution in [2.24, 2.45) is 5.10 Å². The van der Waals surface area contributed by atoms with Crippen molar-refractivity contribution in [3.8, 4) is 11.5 Å². The van der Waals surface area contributed by atoms with Crippen LogP contribution in [0.1, 0.15) is 12.5 Å². The fourth-order valence-electron chi connectivity index (χ4n) is 1.71. The monoisotopic (exact) mass is 290 g/mol. The third-order valence-electron chi connectivity index (χ3n) is 2.77. The Kier molecular flexibility index (Phi) is 4.48. The number of halogens is 1. The van der Waals surface area contributed by atoms with E-state index in [1.807, 2.05) is 12.1 Å². The lowest BCUT2D eigenvalue weighted by Gasteiger charge is -2.07. The minimum Gasteiger partial charge on any atom is -0.507 e. The van der Waals surface area contributed by atoms with E-state index < -0.39 is 0 Å². The number of methoxy groups -OCH3 is 1. The first-order chi connectivity index (χ1) is 9.60. The molecule has 104 valence electrons. The van der Waals surface area contributed by atoms with E-state index in [0.717, 1.165) is 5.69 Å². The smallest absolute Gasteiger partial charge is 0.128 e. The first-order valence-electron chi connectivity index (χ1n) is 6.03. The van der Waals surface area contributed by atoms with Crippen LogP contribution in [0.4, 0.5) is 5.69 Å². The molecule has 2 aromatic rings. The number of nitrogens with zero attached hydrogens (tertiary/aromatic N) is 1. The molecule has 0 saturated heterocycles. The minimum absolute atomic E-state index is 0.124. The van der Waals surface area contributed by atoms with Crippen LogP contribution in [-0.2, 0) is 0 Å². The summed E-state index contributed by atoms with van der Waals surface area (Å²) in [4.78, 5) is 0. The number of ether oxygens (including phenoxy) is 1. The summed E-state index contributed by atoms with van der Waals surface area (Å²) in [5, 5.41) is 14.8. The molecular weight excluding hydrogens is 276 g/mol. The highest BCUT2D eigenvalue weighted by atomic mass is 35.5. The lowest BCUT2D eigenvalue weighted by atomic mass is 10.1. The van der Waals surface area contributed by atoms with Crippen LogP contribution < -0.4 is 10.2 Å². The highest BCUT2D eigenvalue weighted by Gasteiger charge is 2.06. The average Bonchev–Trinajstić information content (AvgIpc) is 2.44. The van der Waals surface area contributed by atoms with Crippen molar-refractivity contribution in [3.05, 3.63) is 53.1 Å². The van der Waals surface area contributed by atoms with E-state index in [1.54, 1.807) is 44.4 Å². The molecule has 2 aromatic carbocycles. The van der Waals surface area contributed by atoms with Crippen LogP contribution in [0.5, 0.6) is 11.5 Å². The molecule has 0 fully saturated rings. The number of phenolic OH excluding ortho intramolecular Hbond substituents is 1.